The van der Waals surface area contributed by atoms with Gasteiger partial charge in [-0.15, -0.1) is 0 Å². The number of nitrogens with one attached hydrogen (secondary N) is 3. The number of H-pyrrole nitrogens is 1. The van der Waals surface area contributed by atoms with Gasteiger partial charge >= 0.3 is 0 Å². The molecule has 152 valence electrons. The van der Waals surface area contributed by atoms with Crippen LogP contribution in [0, 0.1) is 6.92 Å². The lowest BCUT2D eigenvalue weighted by Gasteiger charge is -2.09. The van der Waals surface area contributed by atoms with E-state index in [1.807, 2.05) is 36.1 Å². The molecule has 0 amide bonds. The number of aryl methyl sites for hydroxylation is 1. The van der Waals surface area contributed by atoms with E-state index < -0.39 is 0 Å². The monoisotopic (exact) mass is 411 g/mol. The highest BCUT2D eigenvalue weighted by Crippen LogP contribution is 2.27. The van der Waals surface area contributed by atoms with Crippen LogP contribution in [0.1, 0.15) is 17.1 Å². The lowest BCUT2D eigenvalue weighted by atomic mass is 10.3. The highest BCUT2D eigenvalue weighted by Gasteiger charge is 2.13. The fourth-order valence-electron chi connectivity index (χ4n) is 3.08. The van der Waals surface area contributed by atoms with Crippen LogP contribution in [0.5, 0.6) is 0 Å². The second-order valence-electron chi connectivity index (χ2n) is 7.13. The Morgan fingerprint density at radius 3 is 2.90 bits per heavy atom. The molecule has 3 N–H and O–H groups in total. The molecular weight excluding hydrogens is 386 g/mol. The van der Waals surface area contributed by atoms with Crippen LogP contribution in [0.2, 0.25) is 0 Å². The Bertz CT molecular complexity index is 1060. The van der Waals surface area contributed by atoms with Crippen LogP contribution in [0.25, 0.3) is 16.9 Å². The number of aromatic amines is 1. The number of nitrogens with zero attached hydrogens (tertiary/aromatic N) is 6. The molecule has 4 aromatic heterocycles. The summed E-state index contributed by atoms with van der Waals surface area (Å²) in [5.74, 6) is 0.717. The van der Waals surface area contributed by atoms with Gasteiger partial charge < -0.3 is 15.5 Å². The number of fused-ring (bicyclic) bond motifs is 1. The molecule has 0 radical (unpaired) electrons. The molecule has 0 unspecified atom stereocenters. The Balaban J connectivity index is 1.47. The normalized spacial score (nSPS) is 11.6. The summed E-state index contributed by atoms with van der Waals surface area (Å²) in [5, 5.41) is 15.7. The lowest BCUT2D eigenvalue weighted by Crippen LogP contribution is -2.20. The second-order valence-corrected chi connectivity index (χ2v) is 8.25. The van der Waals surface area contributed by atoms with Gasteiger partial charge in [-0.1, -0.05) is 11.3 Å². The maximum absolute atomic E-state index is 4.64. The van der Waals surface area contributed by atoms with E-state index >= 15 is 0 Å². The van der Waals surface area contributed by atoms with Crippen molar-refractivity contribution < 1.29 is 0 Å². The topological polar surface area (TPSA) is 99.1 Å². The van der Waals surface area contributed by atoms with Crippen molar-refractivity contribution in [2.45, 2.75) is 19.9 Å². The van der Waals surface area contributed by atoms with Crippen molar-refractivity contribution in [1.29, 1.82) is 0 Å². The van der Waals surface area contributed by atoms with Crippen LogP contribution >= 0.6 is 11.3 Å². The number of rotatable bonds is 9. The molecule has 0 aliphatic rings. The van der Waals surface area contributed by atoms with E-state index in [1.54, 1.807) is 17.5 Å². The summed E-state index contributed by atoms with van der Waals surface area (Å²) < 4.78 is 2.03. The fraction of sp³-hybridized carbons (Fsp3) is 0.368. The van der Waals surface area contributed by atoms with Gasteiger partial charge in [0.2, 0.25) is 0 Å². The molecule has 0 bridgehead atoms. The van der Waals surface area contributed by atoms with Crippen LogP contribution in [0.3, 0.4) is 0 Å². The Kier molecular flexibility index (Phi) is 5.84. The van der Waals surface area contributed by atoms with Crippen LogP contribution in [-0.4, -0.2) is 61.6 Å². The SMILES string of the molecule is Cc1cn2c(-c3cn[nH]c3)cnc2c(Nc2cnc(CNCCCN(C)C)s2)n1. The molecule has 0 aliphatic carbocycles. The highest BCUT2D eigenvalue weighted by atomic mass is 32.1. The number of thiazole rings is 1. The first-order valence-electron chi connectivity index (χ1n) is 9.51. The molecule has 4 rings (SSSR count). The van der Waals surface area contributed by atoms with Crippen LogP contribution in [-0.2, 0) is 6.54 Å². The molecule has 9 nitrogen and oxygen atoms in total. The smallest absolute Gasteiger partial charge is 0.180 e. The molecule has 4 heterocycles. The predicted octanol–water partition coefficient (Wildman–Crippen LogP) is 2.67. The largest absolute Gasteiger partial charge is 0.327 e. The molecule has 0 aliphatic heterocycles. The Labute approximate surface area is 173 Å². The minimum absolute atomic E-state index is 0.717. The van der Waals surface area contributed by atoms with Gasteiger partial charge in [0.25, 0.3) is 0 Å². The van der Waals surface area contributed by atoms with E-state index in [4.69, 9.17) is 0 Å². The Morgan fingerprint density at radius 1 is 1.21 bits per heavy atom. The van der Waals surface area contributed by atoms with Crippen molar-refractivity contribution in [2.75, 3.05) is 32.5 Å². The van der Waals surface area contributed by atoms with Gasteiger partial charge in [0.1, 0.15) is 10.0 Å². The van der Waals surface area contributed by atoms with Crippen molar-refractivity contribution >= 4 is 27.8 Å². The third-order valence-electron chi connectivity index (χ3n) is 4.44. The minimum Gasteiger partial charge on any atom is -0.327 e. The Morgan fingerprint density at radius 2 is 2.10 bits per heavy atom. The summed E-state index contributed by atoms with van der Waals surface area (Å²) in [6.45, 7) is 4.80. The molecule has 29 heavy (non-hydrogen) atoms. The minimum atomic E-state index is 0.717. The van der Waals surface area contributed by atoms with Gasteiger partial charge in [0.15, 0.2) is 11.5 Å². The van der Waals surface area contributed by atoms with Crippen LogP contribution in [0.15, 0.2) is 31.0 Å². The summed E-state index contributed by atoms with van der Waals surface area (Å²) in [6.07, 6.45) is 10.4. The average molecular weight is 412 g/mol. The molecule has 0 aromatic carbocycles. The number of imidazole rings is 1. The average Bonchev–Trinajstić information content (AvgIpc) is 3.41. The van der Waals surface area contributed by atoms with E-state index in [-0.39, 0.29) is 0 Å². The predicted molar refractivity (Wildman–Crippen MR) is 116 cm³/mol. The van der Waals surface area contributed by atoms with E-state index in [9.17, 15) is 0 Å². The molecule has 0 saturated heterocycles. The Hall–Kier alpha value is -2.82. The first-order chi connectivity index (χ1) is 14.1. The van der Waals surface area contributed by atoms with Gasteiger partial charge in [-0.2, -0.15) is 5.10 Å². The van der Waals surface area contributed by atoms with Crippen LogP contribution in [0.4, 0.5) is 10.8 Å². The van der Waals surface area contributed by atoms with Crippen molar-refractivity contribution in [1.82, 2.24) is 39.8 Å². The highest BCUT2D eigenvalue weighted by molar-refractivity contribution is 7.15. The zero-order chi connectivity index (χ0) is 20.2. The molecule has 0 fully saturated rings. The molecular formula is C19H25N9S. The van der Waals surface area contributed by atoms with Gasteiger partial charge in [-0.25, -0.2) is 15.0 Å². The fourth-order valence-corrected chi connectivity index (χ4v) is 3.87. The standard InChI is InChI=1S/C19H25N9S/c1-13-12-28-15(14-7-23-24-8-14)9-22-19(28)18(25-13)26-17-11-21-16(29-17)10-20-5-4-6-27(2)3/h7-9,11-12,20H,4-6,10H2,1-3H3,(H,23,24)(H,25,26). The third-order valence-corrected chi connectivity index (χ3v) is 5.35. The molecule has 10 heteroatoms. The summed E-state index contributed by atoms with van der Waals surface area (Å²) >= 11 is 1.62. The van der Waals surface area contributed by atoms with Crippen molar-refractivity contribution in [3.63, 3.8) is 0 Å². The number of anilines is 2. The zero-order valence-electron chi connectivity index (χ0n) is 16.8. The molecule has 4 aromatic rings. The van der Waals surface area contributed by atoms with E-state index in [0.29, 0.717) is 5.82 Å². The maximum Gasteiger partial charge on any atom is 0.180 e. The summed E-state index contributed by atoms with van der Waals surface area (Å²) in [6, 6.07) is 0. The summed E-state index contributed by atoms with van der Waals surface area (Å²) in [4.78, 5) is 15.9. The summed E-state index contributed by atoms with van der Waals surface area (Å²) in [7, 11) is 4.18. The zero-order valence-corrected chi connectivity index (χ0v) is 17.6. The van der Waals surface area contributed by atoms with Gasteiger partial charge in [-0.3, -0.25) is 9.50 Å². The first kappa shape index (κ1) is 19.5. The van der Waals surface area contributed by atoms with E-state index in [2.05, 4.69) is 54.8 Å². The quantitative estimate of drug-likeness (QED) is 0.364. The van der Waals surface area contributed by atoms with Crippen molar-refractivity contribution in [2.24, 2.45) is 0 Å². The second kappa shape index (κ2) is 8.68. The maximum atomic E-state index is 4.64. The first-order valence-corrected chi connectivity index (χ1v) is 10.3. The molecule has 0 spiro atoms. The molecule has 0 atom stereocenters. The van der Waals surface area contributed by atoms with Gasteiger partial charge in [-0.05, 0) is 40.5 Å². The van der Waals surface area contributed by atoms with E-state index in [0.717, 1.165) is 58.7 Å². The van der Waals surface area contributed by atoms with Gasteiger partial charge in [0, 0.05) is 24.5 Å². The van der Waals surface area contributed by atoms with Crippen molar-refractivity contribution in [3.05, 3.63) is 41.7 Å². The number of aromatic nitrogens is 6. The van der Waals surface area contributed by atoms with Crippen molar-refractivity contribution in [3.8, 4) is 11.3 Å². The third kappa shape index (κ3) is 4.61. The van der Waals surface area contributed by atoms with E-state index in [1.165, 1.54) is 0 Å². The van der Waals surface area contributed by atoms with Gasteiger partial charge in [0.05, 0.1) is 30.0 Å². The van der Waals surface area contributed by atoms with Crippen LogP contribution < -0.4 is 10.6 Å². The summed E-state index contributed by atoms with van der Waals surface area (Å²) in [5.41, 5.74) is 3.61. The lowest BCUT2D eigenvalue weighted by molar-refractivity contribution is 0.394. The number of hydrogen-bond acceptors (Lipinski definition) is 8. The molecule has 0 saturated carbocycles. The number of hydrogen-bond donors (Lipinski definition) is 3.